The third-order valence-corrected chi connectivity index (χ3v) is 11.9. The Bertz CT molecular complexity index is 1930. The molecule has 5 rings (SSSR count). The van der Waals surface area contributed by atoms with Crippen molar-refractivity contribution in [3.05, 3.63) is 107 Å². The second-order valence-electron chi connectivity index (χ2n) is 17.2. The first-order valence-electron chi connectivity index (χ1n) is 19.7. The fourth-order valence-electron chi connectivity index (χ4n) is 7.67. The number of hydrogen-bond acceptors (Lipinski definition) is 4. The van der Waals surface area contributed by atoms with Crippen LogP contribution in [0, 0.1) is 50.0 Å². The van der Waals surface area contributed by atoms with Crippen LogP contribution in [0.5, 0.6) is 0 Å². The number of aliphatic hydroxyl groups is 1. The summed E-state index contributed by atoms with van der Waals surface area (Å²) >= 11 is 0. The molecule has 0 fully saturated rings. The summed E-state index contributed by atoms with van der Waals surface area (Å²) in [6, 6.07) is 23.9. The van der Waals surface area contributed by atoms with Gasteiger partial charge in [0.15, 0.2) is 5.78 Å². The van der Waals surface area contributed by atoms with Crippen LogP contribution in [-0.2, 0) is 31.3 Å². The molecule has 54 heavy (non-hydrogen) atoms. The summed E-state index contributed by atoms with van der Waals surface area (Å²) in [6.45, 7) is 27.9. The first-order chi connectivity index (χ1) is 24.8. The summed E-state index contributed by atoms with van der Waals surface area (Å²) in [5.74, 6) is 0.286. The van der Waals surface area contributed by atoms with Crippen molar-refractivity contribution >= 4 is 29.2 Å². The molecule has 0 bridgehead atoms. The molecule has 1 aromatic heterocycles. The van der Waals surface area contributed by atoms with E-state index in [9.17, 15) is 9.90 Å². The number of benzene rings is 3. The standard InChI is InChI=1S/C33H36BN2.C15H28O2.Ir/c1-21-16-22(2)18-26(17-21)32-30-27-13-12-25(20-33(5,6)7)19-28(27)34(36(8)29(30)14-15-35-32)31-23(3)10-9-11-24(31)4;1-7-14(5,8-2)12(16)11-13(17)15(6,9-3)10-4;/h9-17,19H,20H2,1-8H3;11,16H,7-10H2,1-6H3;/q-1;;/b;12-11-;. The maximum absolute atomic E-state index is 12.2. The van der Waals surface area contributed by atoms with Gasteiger partial charge >= 0.3 is 6.85 Å². The van der Waals surface area contributed by atoms with E-state index in [-0.39, 0.29) is 54.7 Å². The minimum atomic E-state index is -0.337. The number of nitrogens with zero attached hydrogens (tertiary/aromatic N) is 2. The van der Waals surface area contributed by atoms with Crippen molar-refractivity contribution in [2.75, 3.05) is 11.9 Å². The van der Waals surface area contributed by atoms with E-state index in [1.165, 1.54) is 56.1 Å². The zero-order valence-electron chi connectivity index (χ0n) is 35.5. The van der Waals surface area contributed by atoms with Crippen molar-refractivity contribution in [1.82, 2.24) is 4.98 Å². The Balaban J connectivity index is 0.000000372. The summed E-state index contributed by atoms with van der Waals surface area (Å²) in [7, 11) is 2.24. The van der Waals surface area contributed by atoms with Crippen LogP contribution < -0.4 is 15.7 Å². The molecule has 4 aromatic rings. The van der Waals surface area contributed by atoms with Crippen LogP contribution >= 0.6 is 0 Å². The fourth-order valence-corrected chi connectivity index (χ4v) is 7.67. The molecule has 4 nitrogen and oxygen atoms in total. The normalized spacial score (nSPS) is 13.0. The van der Waals surface area contributed by atoms with Crippen LogP contribution in [0.3, 0.4) is 0 Å². The number of aromatic nitrogens is 1. The Kier molecular flexibility index (Phi) is 15.0. The number of allylic oxidation sites excluding steroid dienone is 2. The number of carbonyl (C=O) groups is 1. The van der Waals surface area contributed by atoms with E-state index in [0.717, 1.165) is 48.9 Å². The van der Waals surface area contributed by atoms with Gasteiger partial charge in [0.2, 0.25) is 0 Å². The van der Waals surface area contributed by atoms with Gasteiger partial charge in [0, 0.05) is 48.9 Å². The average Bonchev–Trinajstić information content (AvgIpc) is 3.10. The predicted molar refractivity (Wildman–Crippen MR) is 229 cm³/mol. The number of hydrogen-bond donors (Lipinski definition) is 1. The number of aryl methyl sites for hydroxylation is 4. The van der Waals surface area contributed by atoms with E-state index in [1.54, 1.807) is 0 Å². The number of pyridine rings is 1. The van der Waals surface area contributed by atoms with Gasteiger partial charge in [0.05, 0.1) is 0 Å². The second kappa shape index (κ2) is 18.0. The molecule has 1 aliphatic rings. The molecular weight excluding hydrogens is 840 g/mol. The Hall–Kier alpha value is -3.47. The van der Waals surface area contributed by atoms with Crippen molar-refractivity contribution in [2.24, 2.45) is 16.2 Å². The van der Waals surface area contributed by atoms with Gasteiger partial charge in [-0.2, -0.15) is 0 Å². The van der Waals surface area contributed by atoms with E-state index in [1.807, 2.05) is 47.7 Å². The Morgan fingerprint density at radius 2 is 1.44 bits per heavy atom. The van der Waals surface area contributed by atoms with Gasteiger partial charge in [0.1, 0.15) is 5.76 Å². The molecule has 0 saturated carbocycles. The maximum atomic E-state index is 12.2. The first-order valence-corrected chi connectivity index (χ1v) is 19.7. The summed E-state index contributed by atoms with van der Waals surface area (Å²) in [5, 5.41) is 10.1. The van der Waals surface area contributed by atoms with Gasteiger partial charge in [-0.05, 0) is 97.8 Å². The topological polar surface area (TPSA) is 53.4 Å². The van der Waals surface area contributed by atoms with Gasteiger partial charge in [-0.3, -0.25) is 4.79 Å². The average molecular weight is 904 g/mol. The third-order valence-electron chi connectivity index (χ3n) is 11.9. The minimum absolute atomic E-state index is 0. The third kappa shape index (κ3) is 9.66. The molecule has 1 N–H and O–H groups in total. The Morgan fingerprint density at radius 1 is 0.852 bits per heavy atom. The SMILES string of the molecule is CCC(C)(CC)C(=O)/C=C(\O)C(C)(CC)CC.Cc1[c-]c(-c2nccc3c2-c2ccc(CC(C)(C)C)cc2B(c2c(C)cccc2C)N3C)cc(C)c1.[Ir]. The quantitative estimate of drug-likeness (QED) is 0.0746. The largest absolute Gasteiger partial charge is 0.512 e. The molecule has 1 aliphatic heterocycles. The van der Waals surface area contributed by atoms with Crippen molar-refractivity contribution < 1.29 is 30.0 Å². The van der Waals surface area contributed by atoms with E-state index in [4.69, 9.17) is 4.98 Å². The molecule has 0 unspecified atom stereocenters. The van der Waals surface area contributed by atoms with Crippen molar-refractivity contribution in [2.45, 2.75) is 122 Å². The molecular formula is C48H64BIrN2O2-. The maximum Gasteiger partial charge on any atom is 0.324 e. The van der Waals surface area contributed by atoms with Crippen LogP contribution in [-0.4, -0.2) is 29.8 Å². The summed E-state index contributed by atoms with van der Waals surface area (Å²) < 4.78 is 0. The zero-order valence-corrected chi connectivity index (χ0v) is 37.9. The molecule has 0 spiro atoms. The fraction of sp³-hybridized carbons (Fsp3) is 0.458. The molecule has 0 saturated heterocycles. The molecule has 6 heteroatoms. The number of carbonyl (C=O) groups excluding carboxylic acids is 1. The van der Waals surface area contributed by atoms with Crippen molar-refractivity contribution in [1.29, 1.82) is 0 Å². The van der Waals surface area contributed by atoms with Crippen molar-refractivity contribution in [3.63, 3.8) is 0 Å². The monoisotopic (exact) mass is 904 g/mol. The van der Waals surface area contributed by atoms with Crippen LogP contribution in [0.2, 0.25) is 0 Å². The van der Waals surface area contributed by atoms with E-state index >= 15 is 0 Å². The number of fused-ring (bicyclic) bond motifs is 3. The molecule has 2 heterocycles. The molecule has 0 amide bonds. The summed E-state index contributed by atoms with van der Waals surface area (Å²) in [6.07, 6.45) is 7.75. The van der Waals surface area contributed by atoms with Gasteiger partial charge < -0.3 is 14.9 Å². The minimum Gasteiger partial charge on any atom is -0.512 e. The second-order valence-corrected chi connectivity index (χ2v) is 17.2. The Labute approximate surface area is 341 Å². The van der Waals surface area contributed by atoms with E-state index in [2.05, 4.69) is 121 Å². The van der Waals surface area contributed by atoms with Gasteiger partial charge in [0.25, 0.3) is 0 Å². The van der Waals surface area contributed by atoms with Crippen molar-refractivity contribution in [3.8, 4) is 22.4 Å². The molecule has 1 radical (unpaired) electrons. The molecule has 0 aliphatic carbocycles. The molecule has 0 atom stereocenters. The predicted octanol–water partition coefficient (Wildman–Crippen LogP) is 11.2. The zero-order chi connectivity index (χ0) is 39.5. The van der Waals surface area contributed by atoms with E-state index in [0.29, 0.717) is 0 Å². The number of ketones is 1. The van der Waals surface area contributed by atoms with E-state index < -0.39 is 0 Å². The van der Waals surface area contributed by atoms with Gasteiger partial charge in [-0.1, -0.05) is 124 Å². The molecule has 291 valence electrons. The summed E-state index contributed by atoms with van der Waals surface area (Å²) in [4.78, 5) is 19.6. The molecule has 3 aromatic carbocycles. The number of anilines is 1. The van der Waals surface area contributed by atoms with Crippen LogP contribution in [0.25, 0.3) is 22.4 Å². The van der Waals surface area contributed by atoms with Crippen LogP contribution in [0.15, 0.2) is 72.6 Å². The van der Waals surface area contributed by atoms with Crippen LogP contribution in [0.4, 0.5) is 5.69 Å². The van der Waals surface area contributed by atoms with Gasteiger partial charge in [-0.15, -0.1) is 34.9 Å². The number of aliphatic hydroxyl groups excluding tert-OH is 1. The van der Waals surface area contributed by atoms with Gasteiger partial charge in [-0.25, -0.2) is 0 Å². The van der Waals surface area contributed by atoms with Crippen LogP contribution in [0.1, 0.15) is 116 Å². The smallest absolute Gasteiger partial charge is 0.324 e. The number of rotatable bonds is 10. The summed E-state index contributed by atoms with van der Waals surface area (Å²) in [5.41, 5.74) is 14.6. The first kappa shape index (κ1) is 44.9. The Morgan fingerprint density at radius 3 is 1.98 bits per heavy atom.